The Kier molecular flexibility index (Phi) is 6.49. The fraction of sp³-hybridized carbons (Fsp3) is 0.667. The van der Waals surface area contributed by atoms with Crippen molar-refractivity contribution in [1.82, 2.24) is 9.80 Å². The summed E-state index contributed by atoms with van der Waals surface area (Å²) in [4.78, 5) is 17.3. The molecule has 1 saturated carbocycles. The molecule has 3 rings (SSSR count). The molecule has 2 fully saturated rings. The predicted molar refractivity (Wildman–Crippen MR) is 102 cm³/mol. The van der Waals surface area contributed by atoms with Crippen LogP contribution >= 0.6 is 0 Å². The van der Waals surface area contributed by atoms with Crippen LogP contribution in [-0.2, 0) is 11.3 Å². The molecule has 2 aliphatic rings. The third kappa shape index (κ3) is 5.05. The van der Waals surface area contributed by atoms with Gasteiger partial charge in [0.2, 0.25) is 5.91 Å². The lowest BCUT2D eigenvalue weighted by Gasteiger charge is -2.27. The van der Waals surface area contributed by atoms with Gasteiger partial charge in [0.1, 0.15) is 0 Å². The van der Waals surface area contributed by atoms with Gasteiger partial charge in [0, 0.05) is 38.6 Å². The van der Waals surface area contributed by atoms with Crippen molar-refractivity contribution >= 4 is 5.91 Å². The minimum absolute atomic E-state index is 0.232. The molecule has 1 aliphatic heterocycles. The summed E-state index contributed by atoms with van der Waals surface area (Å²) in [6.45, 7) is 7.08. The van der Waals surface area contributed by atoms with Crippen LogP contribution in [0.25, 0.3) is 0 Å². The zero-order valence-corrected chi connectivity index (χ0v) is 15.6. The van der Waals surface area contributed by atoms with Crippen LogP contribution in [0.3, 0.4) is 0 Å². The summed E-state index contributed by atoms with van der Waals surface area (Å²) in [5, 5.41) is 0. The van der Waals surface area contributed by atoms with Crippen molar-refractivity contribution in [3.63, 3.8) is 0 Å². The Labute approximate surface area is 152 Å². The molecule has 1 aromatic rings. The molecule has 25 heavy (non-hydrogen) atoms. The van der Waals surface area contributed by atoms with Crippen LogP contribution in [0, 0.1) is 11.8 Å². The molecule has 1 aliphatic carbocycles. The first-order chi connectivity index (χ1) is 12.2. The second-order valence-electron chi connectivity index (χ2n) is 7.87. The maximum Gasteiger partial charge on any atom is 0.222 e. The number of hydrogen-bond donors (Lipinski definition) is 1. The van der Waals surface area contributed by atoms with Crippen molar-refractivity contribution in [3.05, 3.63) is 35.9 Å². The summed E-state index contributed by atoms with van der Waals surface area (Å²) in [6.07, 6.45) is 5.23. The van der Waals surface area contributed by atoms with Crippen LogP contribution < -0.4 is 5.73 Å². The number of likely N-dealkylation sites (tertiary alicyclic amines) is 1. The normalized spacial score (nSPS) is 26.9. The number of amides is 1. The van der Waals surface area contributed by atoms with Gasteiger partial charge in [0.25, 0.3) is 0 Å². The largest absolute Gasteiger partial charge is 0.343 e. The molecule has 1 saturated heterocycles. The van der Waals surface area contributed by atoms with Gasteiger partial charge < -0.3 is 10.6 Å². The zero-order valence-electron chi connectivity index (χ0n) is 15.6. The van der Waals surface area contributed by atoms with E-state index in [1.54, 1.807) is 0 Å². The van der Waals surface area contributed by atoms with Crippen molar-refractivity contribution in [1.29, 1.82) is 0 Å². The average Bonchev–Trinajstić information content (AvgIpc) is 3.23. The lowest BCUT2D eigenvalue weighted by atomic mass is 9.99. The van der Waals surface area contributed by atoms with Crippen molar-refractivity contribution < 1.29 is 4.79 Å². The molecule has 1 heterocycles. The molecule has 1 aromatic carbocycles. The number of carbonyl (C=O) groups excluding carboxylic acids is 1. The maximum atomic E-state index is 12.7. The van der Waals surface area contributed by atoms with Gasteiger partial charge in [0.05, 0.1) is 0 Å². The third-order valence-corrected chi connectivity index (χ3v) is 5.99. The SMILES string of the molecule is CCN(CC1CCN(Cc2ccccc2)C1)C(=O)C[C@@H]1CCC[C@H]1N. The highest BCUT2D eigenvalue weighted by atomic mass is 16.2. The van der Waals surface area contributed by atoms with Crippen LogP contribution in [0.2, 0.25) is 0 Å². The maximum absolute atomic E-state index is 12.7. The monoisotopic (exact) mass is 343 g/mol. The summed E-state index contributed by atoms with van der Waals surface area (Å²) in [5.74, 6) is 1.32. The Bertz CT molecular complexity index is 547. The second kappa shape index (κ2) is 8.81. The number of nitrogens with zero attached hydrogens (tertiary/aromatic N) is 2. The zero-order chi connectivity index (χ0) is 17.6. The van der Waals surface area contributed by atoms with Crippen LogP contribution in [0.15, 0.2) is 30.3 Å². The van der Waals surface area contributed by atoms with Gasteiger partial charge in [-0.3, -0.25) is 9.69 Å². The molecule has 0 aromatic heterocycles. The molecule has 1 amide bonds. The van der Waals surface area contributed by atoms with E-state index >= 15 is 0 Å². The van der Waals surface area contributed by atoms with Crippen LogP contribution in [0.4, 0.5) is 0 Å². The topological polar surface area (TPSA) is 49.6 Å². The Morgan fingerprint density at radius 1 is 1.24 bits per heavy atom. The summed E-state index contributed by atoms with van der Waals surface area (Å²) in [6, 6.07) is 10.9. The Morgan fingerprint density at radius 3 is 2.72 bits per heavy atom. The van der Waals surface area contributed by atoms with E-state index in [1.165, 1.54) is 18.4 Å². The molecule has 4 heteroatoms. The van der Waals surface area contributed by atoms with Gasteiger partial charge in [-0.1, -0.05) is 36.8 Å². The van der Waals surface area contributed by atoms with Gasteiger partial charge in [0.15, 0.2) is 0 Å². The molecular formula is C21H33N3O. The molecule has 3 atom stereocenters. The first-order valence-electron chi connectivity index (χ1n) is 9.95. The first kappa shape index (κ1) is 18.4. The Hall–Kier alpha value is -1.39. The van der Waals surface area contributed by atoms with E-state index in [1.807, 2.05) is 0 Å². The van der Waals surface area contributed by atoms with Gasteiger partial charge >= 0.3 is 0 Å². The summed E-state index contributed by atoms with van der Waals surface area (Å²) in [7, 11) is 0. The smallest absolute Gasteiger partial charge is 0.222 e. The Balaban J connectivity index is 1.46. The van der Waals surface area contributed by atoms with Crippen LogP contribution in [-0.4, -0.2) is 47.9 Å². The van der Waals surface area contributed by atoms with E-state index in [0.717, 1.165) is 45.6 Å². The molecule has 0 spiro atoms. The van der Waals surface area contributed by atoms with E-state index in [2.05, 4.69) is 47.1 Å². The number of nitrogens with two attached hydrogens (primary N) is 1. The quantitative estimate of drug-likeness (QED) is 0.828. The summed E-state index contributed by atoms with van der Waals surface area (Å²) >= 11 is 0. The minimum Gasteiger partial charge on any atom is -0.343 e. The molecule has 4 nitrogen and oxygen atoms in total. The molecule has 0 bridgehead atoms. The Morgan fingerprint density at radius 2 is 2.04 bits per heavy atom. The van der Waals surface area contributed by atoms with Crippen molar-refractivity contribution in [2.75, 3.05) is 26.2 Å². The second-order valence-corrected chi connectivity index (χ2v) is 7.87. The molecule has 138 valence electrons. The van der Waals surface area contributed by atoms with Crippen molar-refractivity contribution in [2.45, 2.75) is 51.6 Å². The molecule has 2 N–H and O–H groups in total. The number of carbonyl (C=O) groups is 1. The highest BCUT2D eigenvalue weighted by molar-refractivity contribution is 5.76. The van der Waals surface area contributed by atoms with Gasteiger partial charge in [-0.15, -0.1) is 0 Å². The molecular weight excluding hydrogens is 310 g/mol. The number of hydrogen-bond acceptors (Lipinski definition) is 3. The third-order valence-electron chi connectivity index (χ3n) is 5.99. The fourth-order valence-corrected chi connectivity index (χ4v) is 4.44. The van der Waals surface area contributed by atoms with E-state index in [9.17, 15) is 4.79 Å². The lowest BCUT2D eigenvalue weighted by molar-refractivity contribution is -0.132. The number of benzene rings is 1. The van der Waals surface area contributed by atoms with Crippen LogP contribution in [0.1, 0.15) is 44.6 Å². The first-order valence-corrected chi connectivity index (χ1v) is 9.95. The van der Waals surface area contributed by atoms with Crippen LogP contribution in [0.5, 0.6) is 0 Å². The highest BCUT2D eigenvalue weighted by Crippen LogP contribution is 2.28. The molecule has 0 radical (unpaired) electrons. The van der Waals surface area contributed by atoms with Gasteiger partial charge in [-0.05, 0) is 50.1 Å². The van der Waals surface area contributed by atoms with E-state index < -0.39 is 0 Å². The van der Waals surface area contributed by atoms with E-state index in [-0.39, 0.29) is 6.04 Å². The van der Waals surface area contributed by atoms with Gasteiger partial charge in [-0.2, -0.15) is 0 Å². The number of rotatable bonds is 7. The average molecular weight is 344 g/mol. The van der Waals surface area contributed by atoms with Crippen molar-refractivity contribution in [2.24, 2.45) is 17.6 Å². The summed E-state index contributed by atoms with van der Waals surface area (Å²) < 4.78 is 0. The molecule has 1 unspecified atom stereocenters. The predicted octanol–water partition coefficient (Wildman–Crippen LogP) is 2.87. The van der Waals surface area contributed by atoms with Crippen molar-refractivity contribution in [3.8, 4) is 0 Å². The minimum atomic E-state index is 0.232. The fourth-order valence-electron chi connectivity index (χ4n) is 4.44. The summed E-state index contributed by atoms with van der Waals surface area (Å²) in [5.41, 5.74) is 7.52. The standard InChI is InChI=1S/C21H33N3O/c1-2-24(21(25)13-19-9-6-10-20(19)22)16-18-11-12-23(15-18)14-17-7-4-3-5-8-17/h3-5,7-8,18-20H,2,6,9-16,22H2,1H3/t18?,19-,20+/m0/s1. The highest BCUT2D eigenvalue weighted by Gasteiger charge is 2.30. The lowest BCUT2D eigenvalue weighted by Crippen LogP contribution is -2.38. The van der Waals surface area contributed by atoms with E-state index in [0.29, 0.717) is 24.2 Å². The van der Waals surface area contributed by atoms with Gasteiger partial charge in [-0.25, -0.2) is 0 Å². The van der Waals surface area contributed by atoms with E-state index in [4.69, 9.17) is 5.73 Å².